The van der Waals surface area contributed by atoms with E-state index in [2.05, 4.69) is 15.2 Å². The molecule has 0 spiro atoms. The number of benzene rings is 1. The normalized spacial score (nSPS) is 14.6. The third-order valence-corrected chi connectivity index (χ3v) is 4.18. The lowest BCUT2D eigenvalue weighted by Crippen LogP contribution is -2.30. The van der Waals surface area contributed by atoms with Gasteiger partial charge in [-0.05, 0) is 44.4 Å². The van der Waals surface area contributed by atoms with Gasteiger partial charge in [0, 0.05) is 24.8 Å². The number of nitrogens with zero attached hydrogens (tertiary/aromatic N) is 1. The number of para-hydroxylation sites is 2. The van der Waals surface area contributed by atoms with E-state index in [1.54, 1.807) is 12.3 Å². The second-order valence-electron chi connectivity index (χ2n) is 5.88. The van der Waals surface area contributed by atoms with E-state index in [9.17, 15) is 9.59 Å². The van der Waals surface area contributed by atoms with Crippen LogP contribution in [0.25, 0.3) is 0 Å². The second-order valence-corrected chi connectivity index (χ2v) is 5.88. The van der Waals surface area contributed by atoms with E-state index < -0.39 is 0 Å². The minimum atomic E-state index is -0.234. The molecule has 2 aromatic rings. The van der Waals surface area contributed by atoms with Gasteiger partial charge in [0.15, 0.2) is 5.78 Å². The summed E-state index contributed by atoms with van der Waals surface area (Å²) in [7, 11) is 0. The number of hydrogen-bond acceptors (Lipinski definition) is 3. The highest BCUT2D eigenvalue weighted by molar-refractivity contribution is 6.06. The standard InChI is InChI=1S/C18H21N3O2/c1-13(22)14-11-16(19-12-14)18(23)20-15-7-3-4-8-17(15)21-9-5-2-6-10-21/h3-4,7-8,11-12,19H,2,5-6,9-10H2,1H3,(H,20,23). The molecule has 2 N–H and O–H groups in total. The maximum Gasteiger partial charge on any atom is 0.272 e. The Labute approximate surface area is 135 Å². The topological polar surface area (TPSA) is 65.2 Å². The van der Waals surface area contributed by atoms with Crippen LogP contribution in [0.15, 0.2) is 36.5 Å². The van der Waals surface area contributed by atoms with Crippen molar-refractivity contribution < 1.29 is 9.59 Å². The quantitative estimate of drug-likeness (QED) is 0.850. The summed E-state index contributed by atoms with van der Waals surface area (Å²) in [5.41, 5.74) is 2.76. The van der Waals surface area contributed by atoms with Crippen molar-refractivity contribution in [1.82, 2.24) is 4.98 Å². The van der Waals surface area contributed by atoms with Crippen molar-refractivity contribution in [2.75, 3.05) is 23.3 Å². The maximum absolute atomic E-state index is 12.4. The first kappa shape index (κ1) is 15.3. The van der Waals surface area contributed by atoms with Crippen LogP contribution in [0.2, 0.25) is 0 Å². The number of anilines is 2. The fraction of sp³-hybridized carbons (Fsp3) is 0.333. The molecule has 1 aromatic carbocycles. The summed E-state index contributed by atoms with van der Waals surface area (Å²) in [6.07, 6.45) is 5.19. The number of H-pyrrole nitrogens is 1. The third kappa shape index (κ3) is 3.44. The van der Waals surface area contributed by atoms with Crippen molar-refractivity contribution in [1.29, 1.82) is 0 Å². The largest absolute Gasteiger partial charge is 0.370 e. The van der Waals surface area contributed by atoms with Gasteiger partial charge in [0.25, 0.3) is 5.91 Å². The second kappa shape index (κ2) is 6.69. The maximum atomic E-state index is 12.4. The third-order valence-electron chi connectivity index (χ3n) is 4.18. The van der Waals surface area contributed by atoms with Gasteiger partial charge in [0.2, 0.25) is 0 Å². The van der Waals surface area contributed by atoms with Crippen molar-refractivity contribution in [3.05, 3.63) is 47.8 Å². The summed E-state index contributed by atoms with van der Waals surface area (Å²) >= 11 is 0. The molecular formula is C18H21N3O2. The average Bonchev–Trinajstić information content (AvgIpc) is 3.07. The molecule has 120 valence electrons. The zero-order valence-corrected chi connectivity index (χ0v) is 13.3. The van der Waals surface area contributed by atoms with Crippen LogP contribution in [0.5, 0.6) is 0 Å². The van der Waals surface area contributed by atoms with E-state index in [0.717, 1.165) is 24.5 Å². The van der Waals surface area contributed by atoms with E-state index in [1.807, 2.05) is 24.3 Å². The molecule has 1 aromatic heterocycles. The number of rotatable bonds is 4. The van der Waals surface area contributed by atoms with Gasteiger partial charge in [-0.25, -0.2) is 0 Å². The molecule has 5 nitrogen and oxygen atoms in total. The Hall–Kier alpha value is -2.56. The van der Waals surface area contributed by atoms with Crippen molar-refractivity contribution in [2.24, 2.45) is 0 Å². The number of aromatic amines is 1. The smallest absolute Gasteiger partial charge is 0.272 e. The van der Waals surface area contributed by atoms with Crippen molar-refractivity contribution >= 4 is 23.1 Å². The lowest BCUT2D eigenvalue weighted by atomic mass is 10.1. The van der Waals surface area contributed by atoms with Gasteiger partial charge in [-0.3, -0.25) is 9.59 Å². The summed E-state index contributed by atoms with van der Waals surface area (Å²) in [4.78, 5) is 28.9. The molecule has 23 heavy (non-hydrogen) atoms. The molecule has 0 saturated carbocycles. The summed E-state index contributed by atoms with van der Waals surface area (Å²) in [5, 5.41) is 2.95. The van der Waals surface area contributed by atoms with Gasteiger partial charge in [-0.2, -0.15) is 0 Å². The van der Waals surface area contributed by atoms with Crippen molar-refractivity contribution in [2.45, 2.75) is 26.2 Å². The predicted molar refractivity (Wildman–Crippen MR) is 91.3 cm³/mol. The number of piperidine rings is 1. The number of amides is 1. The van der Waals surface area contributed by atoms with Gasteiger partial charge < -0.3 is 15.2 Å². The highest BCUT2D eigenvalue weighted by Gasteiger charge is 2.17. The minimum absolute atomic E-state index is 0.0611. The fourth-order valence-electron chi connectivity index (χ4n) is 2.91. The highest BCUT2D eigenvalue weighted by atomic mass is 16.2. The Morgan fingerprint density at radius 3 is 2.57 bits per heavy atom. The molecule has 0 aliphatic carbocycles. The van der Waals surface area contributed by atoms with Gasteiger partial charge >= 0.3 is 0 Å². The Morgan fingerprint density at radius 2 is 1.87 bits per heavy atom. The summed E-state index contributed by atoms with van der Waals surface area (Å²) < 4.78 is 0. The Bertz CT molecular complexity index is 715. The van der Waals surface area contributed by atoms with E-state index in [-0.39, 0.29) is 11.7 Å². The van der Waals surface area contributed by atoms with Gasteiger partial charge in [-0.1, -0.05) is 12.1 Å². The molecule has 0 unspecified atom stereocenters. The van der Waals surface area contributed by atoms with Gasteiger partial charge in [-0.15, -0.1) is 0 Å². The number of ketones is 1. The molecule has 1 aliphatic rings. The fourth-order valence-corrected chi connectivity index (χ4v) is 2.91. The van der Waals surface area contributed by atoms with E-state index >= 15 is 0 Å². The molecule has 0 bridgehead atoms. The van der Waals surface area contributed by atoms with Crippen LogP contribution in [0.1, 0.15) is 47.0 Å². The molecule has 1 amide bonds. The van der Waals surface area contributed by atoms with E-state index in [1.165, 1.54) is 26.2 Å². The van der Waals surface area contributed by atoms with Crippen LogP contribution >= 0.6 is 0 Å². The monoisotopic (exact) mass is 311 g/mol. The summed E-state index contributed by atoms with van der Waals surface area (Å²) in [6.45, 7) is 3.52. The molecule has 5 heteroatoms. The Kier molecular flexibility index (Phi) is 4.46. The van der Waals surface area contributed by atoms with Gasteiger partial charge in [0.05, 0.1) is 11.4 Å². The van der Waals surface area contributed by atoms with Crippen LogP contribution in [-0.2, 0) is 0 Å². The zero-order chi connectivity index (χ0) is 16.2. The van der Waals surface area contributed by atoms with Crippen LogP contribution in [0, 0.1) is 0 Å². The SMILES string of the molecule is CC(=O)c1c[nH]c(C(=O)Nc2ccccc2N2CCCCC2)c1. The number of carbonyl (C=O) groups excluding carboxylic acids is 2. The number of carbonyl (C=O) groups is 2. The summed E-state index contributed by atoms with van der Waals surface area (Å²) in [6, 6.07) is 9.44. The van der Waals surface area contributed by atoms with Crippen molar-refractivity contribution in [3.8, 4) is 0 Å². The number of nitrogens with one attached hydrogen (secondary N) is 2. The molecule has 1 fully saturated rings. The molecule has 0 radical (unpaired) electrons. The van der Waals surface area contributed by atoms with Crippen molar-refractivity contribution in [3.63, 3.8) is 0 Å². The lowest BCUT2D eigenvalue weighted by molar-refractivity contribution is 0.101. The minimum Gasteiger partial charge on any atom is -0.370 e. The Morgan fingerprint density at radius 1 is 1.13 bits per heavy atom. The molecule has 3 rings (SSSR count). The number of hydrogen-bond donors (Lipinski definition) is 2. The van der Waals surface area contributed by atoms with Crippen LogP contribution in [0.3, 0.4) is 0 Å². The number of aromatic nitrogens is 1. The molecule has 1 aliphatic heterocycles. The van der Waals surface area contributed by atoms with E-state index in [4.69, 9.17) is 0 Å². The molecule has 1 saturated heterocycles. The lowest BCUT2D eigenvalue weighted by Gasteiger charge is -2.30. The van der Waals surface area contributed by atoms with Crippen LogP contribution in [-0.4, -0.2) is 29.8 Å². The molecule has 2 heterocycles. The van der Waals surface area contributed by atoms with Gasteiger partial charge in [0.1, 0.15) is 5.69 Å². The Balaban J connectivity index is 1.79. The first-order valence-electron chi connectivity index (χ1n) is 8.00. The number of Topliss-reactive ketones (excluding diaryl/α,β-unsaturated/α-hetero) is 1. The zero-order valence-electron chi connectivity index (χ0n) is 13.3. The first-order valence-corrected chi connectivity index (χ1v) is 8.00. The van der Waals surface area contributed by atoms with Crippen LogP contribution < -0.4 is 10.2 Å². The first-order chi connectivity index (χ1) is 11.1. The molecular weight excluding hydrogens is 290 g/mol. The average molecular weight is 311 g/mol. The van der Waals surface area contributed by atoms with Crippen LogP contribution in [0.4, 0.5) is 11.4 Å². The van der Waals surface area contributed by atoms with E-state index in [0.29, 0.717) is 11.3 Å². The summed E-state index contributed by atoms with van der Waals surface area (Å²) in [5.74, 6) is -0.295. The molecule has 0 atom stereocenters. The highest BCUT2D eigenvalue weighted by Crippen LogP contribution is 2.28. The predicted octanol–water partition coefficient (Wildman–Crippen LogP) is 3.46.